The summed E-state index contributed by atoms with van der Waals surface area (Å²) in [5, 5.41) is 24.3. The van der Waals surface area contributed by atoms with Gasteiger partial charge in [0.25, 0.3) is 0 Å². The Morgan fingerprint density at radius 3 is 2.55 bits per heavy atom. The number of benzene rings is 3. The molecule has 0 aliphatic carbocycles. The Hall–Kier alpha value is -4.04. The zero-order valence-corrected chi connectivity index (χ0v) is 18.0. The summed E-state index contributed by atoms with van der Waals surface area (Å²) >= 11 is 0. The van der Waals surface area contributed by atoms with Crippen LogP contribution in [0.2, 0.25) is 0 Å². The number of methoxy groups -OCH3 is 2. The predicted molar refractivity (Wildman–Crippen MR) is 121 cm³/mol. The van der Waals surface area contributed by atoms with Crippen molar-refractivity contribution in [2.45, 2.75) is 13.1 Å². The minimum Gasteiger partial charge on any atom is -0.507 e. The Labute approximate surface area is 188 Å². The average molecular weight is 451 g/mol. The summed E-state index contributed by atoms with van der Waals surface area (Å²) in [4.78, 5) is 12.9. The SMILES string of the molecule is COc1ccc(-c2oc3c(CNCc4cccc(F)c4)c(O)ccc3c(=O)c2O)c(OC)c1. The summed E-state index contributed by atoms with van der Waals surface area (Å²) in [5.74, 6) is -0.243. The van der Waals surface area contributed by atoms with E-state index < -0.39 is 11.2 Å². The monoisotopic (exact) mass is 451 g/mol. The predicted octanol–water partition coefficient (Wildman–Crippen LogP) is 4.32. The Bertz CT molecular complexity index is 1380. The molecule has 7 nitrogen and oxygen atoms in total. The van der Waals surface area contributed by atoms with E-state index in [9.17, 15) is 19.4 Å². The maximum atomic E-state index is 13.4. The average Bonchev–Trinajstić information content (AvgIpc) is 2.82. The Morgan fingerprint density at radius 2 is 1.82 bits per heavy atom. The lowest BCUT2D eigenvalue weighted by Crippen LogP contribution is -2.14. The van der Waals surface area contributed by atoms with Gasteiger partial charge in [-0.3, -0.25) is 4.79 Å². The first kappa shape index (κ1) is 22.2. The van der Waals surface area contributed by atoms with Crippen molar-refractivity contribution >= 4 is 11.0 Å². The molecular weight excluding hydrogens is 429 g/mol. The van der Waals surface area contributed by atoms with E-state index >= 15 is 0 Å². The molecule has 0 atom stereocenters. The molecule has 0 aliphatic rings. The van der Waals surface area contributed by atoms with Crippen molar-refractivity contribution in [3.05, 3.63) is 81.8 Å². The Kier molecular flexibility index (Phi) is 6.19. The first-order valence-corrected chi connectivity index (χ1v) is 10.1. The molecule has 0 aliphatic heterocycles. The molecule has 0 spiro atoms. The molecule has 3 N–H and O–H groups in total. The van der Waals surface area contributed by atoms with Crippen LogP contribution in [0.5, 0.6) is 23.0 Å². The van der Waals surface area contributed by atoms with Crippen LogP contribution in [0.25, 0.3) is 22.3 Å². The fraction of sp³-hybridized carbons (Fsp3) is 0.160. The fourth-order valence-corrected chi connectivity index (χ4v) is 3.61. The summed E-state index contributed by atoms with van der Waals surface area (Å²) in [6, 6.07) is 13.7. The van der Waals surface area contributed by atoms with Crippen molar-refractivity contribution in [3.8, 4) is 34.3 Å². The highest BCUT2D eigenvalue weighted by molar-refractivity contribution is 5.86. The van der Waals surface area contributed by atoms with Crippen molar-refractivity contribution in [3.63, 3.8) is 0 Å². The van der Waals surface area contributed by atoms with Gasteiger partial charge in [0.05, 0.1) is 30.7 Å². The zero-order valence-electron chi connectivity index (χ0n) is 18.0. The van der Waals surface area contributed by atoms with Crippen LogP contribution in [0.4, 0.5) is 4.39 Å². The van der Waals surface area contributed by atoms with E-state index in [0.717, 1.165) is 5.56 Å². The summed E-state index contributed by atoms with van der Waals surface area (Å²) < 4.78 is 30.0. The quantitative estimate of drug-likeness (QED) is 0.385. The van der Waals surface area contributed by atoms with E-state index in [2.05, 4.69) is 5.32 Å². The van der Waals surface area contributed by atoms with Gasteiger partial charge in [0, 0.05) is 19.2 Å². The van der Waals surface area contributed by atoms with Gasteiger partial charge >= 0.3 is 0 Å². The lowest BCUT2D eigenvalue weighted by Gasteiger charge is -2.14. The third-order valence-electron chi connectivity index (χ3n) is 5.29. The van der Waals surface area contributed by atoms with Gasteiger partial charge in [-0.1, -0.05) is 12.1 Å². The standard InChI is InChI=1S/C25H22FNO6/c1-31-16-6-7-17(21(11-16)32-2)25-23(30)22(29)18-8-9-20(28)19(24(18)33-25)13-27-12-14-4-3-5-15(26)10-14/h3-11,27-28,30H,12-13H2,1-2H3. The molecule has 0 radical (unpaired) electrons. The van der Waals surface area contributed by atoms with Crippen molar-refractivity contribution in [1.82, 2.24) is 5.32 Å². The number of hydrogen-bond acceptors (Lipinski definition) is 7. The lowest BCUT2D eigenvalue weighted by molar-refractivity contribution is 0.393. The molecule has 0 unspecified atom stereocenters. The van der Waals surface area contributed by atoms with Crippen molar-refractivity contribution in [2.75, 3.05) is 14.2 Å². The molecule has 1 heterocycles. The van der Waals surface area contributed by atoms with Crippen LogP contribution in [0, 0.1) is 5.82 Å². The van der Waals surface area contributed by atoms with Crippen molar-refractivity contribution in [1.29, 1.82) is 0 Å². The smallest absolute Gasteiger partial charge is 0.235 e. The molecule has 3 aromatic carbocycles. The molecule has 33 heavy (non-hydrogen) atoms. The van der Waals surface area contributed by atoms with Gasteiger partial charge in [-0.25, -0.2) is 4.39 Å². The van der Waals surface area contributed by atoms with Gasteiger partial charge in [0.1, 0.15) is 28.6 Å². The number of fused-ring (bicyclic) bond motifs is 1. The van der Waals surface area contributed by atoms with E-state index in [-0.39, 0.29) is 34.8 Å². The molecular formula is C25H22FNO6. The Morgan fingerprint density at radius 1 is 1.00 bits per heavy atom. The highest BCUT2D eigenvalue weighted by atomic mass is 19.1. The number of nitrogens with one attached hydrogen (secondary N) is 1. The second-order valence-corrected chi connectivity index (χ2v) is 7.35. The van der Waals surface area contributed by atoms with Crippen LogP contribution in [0.1, 0.15) is 11.1 Å². The minimum absolute atomic E-state index is 0.0873. The number of rotatable bonds is 7. The van der Waals surface area contributed by atoms with Crippen LogP contribution in [-0.2, 0) is 13.1 Å². The Balaban J connectivity index is 1.78. The maximum absolute atomic E-state index is 13.4. The van der Waals surface area contributed by atoms with Gasteiger partial charge < -0.3 is 29.4 Å². The molecule has 0 saturated heterocycles. The van der Waals surface area contributed by atoms with Crippen LogP contribution < -0.4 is 20.2 Å². The fourth-order valence-electron chi connectivity index (χ4n) is 3.61. The van der Waals surface area contributed by atoms with Crippen LogP contribution in [0.3, 0.4) is 0 Å². The van der Waals surface area contributed by atoms with Crippen LogP contribution in [0.15, 0.2) is 63.8 Å². The maximum Gasteiger partial charge on any atom is 0.235 e. The highest BCUT2D eigenvalue weighted by Crippen LogP contribution is 2.39. The third kappa shape index (κ3) is 4.33. The van der Waals surface area contributed by atoms with Gasteiger partial charge in [-0.2, -0.15) is 0 Å². The van der Waals surface area contributed by atoms with Crippen molar-refractivity contribution in [2.24, 2.45) is 0 Å². The van der Waals surface area contributed by atoms with E-state index in [0.29, 0.717) is 29.2 Å². The second-order valence-electron chi connectivity index (χ2n) is 7.35. The normalized spacial score (nSPS) is 11.0. The topological polar surface area (TPSA) is 101 Å². The van der Waals surface area contributed by atoms with Crippen LogP contribution >= 0.6 is 0 Å². The molecule has 4 aromatic rings. The summed E-state index contributed by atoms with van der Waals surface area (Å²) in [5.41, 5.74) is 0.872. The largest absolute Gasteiger partial charge is 0.507 e. The number of halogens is 1. The van der Waals surface area contributed by atoms with E-state index in [4.69, 9.17) is 13.9 Å². The highest BCUT2D eigenvalue weighted by Gasteiger charge is 2.22. The molecule has 8 heteroatoms. The zero-order chi connectivity index (χ0) is 23.5. The van der Waals surface area contributed by atoms with Gasteiger partial charge in [-0.05, 0) is 42.0 Å². The van der Waals surface area contributed by atoms with E-state index in [1.165, 1.54) is 38.5 Å². The molecule has 0 amide bonds. The number of ether oxygens (including phenoxy) is 2. The number of phenolic OH excluding ortho intramolecular Hbond substituents is 1. The first-order chi connectivity index (χ1) is 15.9. The van der Waals surface area contributed by atoms with Gasteiger partial charge in [0.2, 0.25) is 11.2 Å². The lowest BCUT2D eigenvalue weighted by atomic mass is 10.1. The molecule has 170 valence electrons. The second kappa shape index (κ2) is 9.22. The number of phenols is 1. The van der Waals surface area contributed by atoms with Gasteiger partial charge in [0.15, 0.2) is 5.76 Å². The summed E-state index contributed by atoms with van der Waals surface area (Å²) in [6.45, 7) is 0.460. The van der Waals surface area contributed by atoms with Crippen molar-refractivity contribution < 1.29 is 28.5 Å². The molecule has 4 rings (SSSR count). The number of aromatic hydroxyl groups is 2. The molecule has 0 bridgehead atoms. The van der Waals surface area contributed by atoms with Crippen LogP contribution in [-0.4, -0.2) is 24.4 Å². The first-order valence-electron chi connectivity index (χ1n) is 10.1. The molecule has 1 aromatic heterocycles. The van der Waals surface area contributed by atoms with E-state index in [1.54, 1.807) is 30.3 Å². The molecule has 0 fully saturated rings. The third-order valence-corrected chi connectivity index (χ3v) is 5.29. The van der Waals surface area contributed by atoms with Gasteiger partial charge in [-0.15, -0.1) is 0 Å². The molecule has 0 saturated carbocycles. The van der Waals surface area contributed by atoms with E-state index in [1.807, 2.05) is 0 Å². The minimum atomic E-state index is -0.643. The summed E-state index contributed by atoms with van der Waals surface area (Å²) in [7, 11) is 2.95. The summed E-state index contributed by atoms with van der Waals surface area (Å²) in [6.07, 6.45) is 0. The number of hydrogen-bond donors (Lipinski definition) is 3.